The van der Waals surface area contributed by atoms with Gasteiger partial charge in [0.15, 0.2) is 0 Å². The van der Waals surface area contributed by atoms with Crippen molar-refractivity contribution in [2.45, 2.75) is 25.4 Å². The van der Waals surface area contributed by atoms with E-state index in [4.69, 9.17) is 21.8 Å². The number of nitrogens with one attached hydrogen (secondary N) is 1. The monoisotopic (exact) mass is 344 g/mol. The summed E-state index contributed by atoms with van der Waals surface area (Å²) in [6.07, 6.45) is 0.764. The summed E-state index contributed by atoms with van der Waals surface area (Å²) >= 11 is 0. The van der Waals surface area contributed by atoms with E-state index in [0.717, 1.165) is 5.56 Å². The summed E-state index contributed by atoms with van der Waals surface area (Å²) in [5, 5.41) is 16.1. The van der Waals surface area contributed by atoms with Gasteiger partial charge in [-0.05, 0) is 12.8 Å². The standard InChI is InChI=1S/C7H8N.C5H11NO4.Y/c8-6-7-4-2-1-3-5-7;6-4(5(7)8)2-1-3-10-9;/h1-5,8H,6H2;4,9H,1-3,6H2,(H,7,8);/q-1;;. The third-order valence-electron chi connectivity index (χ3n) is 2.11. The second-order valence-corrected chi connectivity index (χ2v) is 3.58. The number of aliphatic carboxylic acids is 1. The Labute approximate surface area is 137 Å². The van der Waals surface area contributed by atoms with Crippen LogP contribution in [0.25, 0.3) is 5.73 Å². The molecule has 1 rings (SSSR count). The van der Waals surface area contributed by atoms with Crippen LogP contribution in [-0.2, 0) is 48.9 Å². The summed E-state index contributed by atoms with van der Waals surface area (Å²) in [5.41, 5.74) is 13.1. The maximum absolute atomic E-state index is 10.1. The Morgan fingerprint density at radius 3 is 2.32 bits per heavy atom. The zero-order valence-corrected chi connectivity index (χ0v) is 13.5. The van der Waals surface area contributed by atoms with E-state index in [1.165, 1.54) is 0 Å². The van der Waals surface area contributed by atoms with Gasteiger partial charge in [0.2, 0.25) is 0 Å². The number of carbonyl (C=O) groups is 1. The minimum absolute atomic E-state index is 0. The Morgan fingerprint density at radius 1 is 1.37 bits per heavy atom. The van der Waals surface area contributed by atoms with E-state index in [1.54, 1.807) is 0 Å². The normalized spacial score (nSPS) is 10.7. The first-order chi connectivity index (χ1) is 8.61. The molecule has 1 aromatic carbocycles. The average molecular weight is 344 g/mol. The molecule has 19 heavy (non-hydrogen) atoms. The van der Waals surface area contributed by atoms with Gasteiger partial charge in [-0.1, -0.05) is 35.9 Å². The van der Waals surface area contributed by atoms with E-state index in [-0.39, 0.29) is 39.3 Å². The fourth-order valence-electron chi connectivity index (χ4n) is 1.09. The molecular weight excluding hydrogens is 325 g/mol. The average Bonchev–Trinajstić information content (AvgIpc) is 2.40. The molecule has 1 atom stereocenters. The van der Waals surface area contributed by atoms with Crippen molar-refractivity contribution in [1.29, 1.82) is 0 Å². The fraction of sp³-hybridized carbons (Fsp3) is 0.417. The van der Waals surface area contributed by atoms with Crippen molar-refractivity contribution in [3.8, 4) is 0 Å². The number of hydrogen-bond acceptors (Lipinski definition) is 4. The molecule has 6 nitrogen and oxygen atoms in total. The van der Waals surface area contributed by atoms with Gasteiger partial charge in [0.25, 0.3) is 0 Å². The first-order valence-electron chi connectivity index (χ1n) is 5.55. The van der Waals surface area contributed by atoms with Crippen LogP contribution in [0.15, 0.2) is 30.3 Å². The minimum Gasteiger partial charge on any atom is -0.674 e. The van der Waals surface area contributed by atoms with Crippen LogP contribution in [-0.4, -0.2) is 29.0 Å². The van der Waals surface area contributed by atoms with Crippen LogP contribution in [0.2, 0.25) is 0 Å². The smallest absolute Gasteiger partial charge is 0.320 e. The van der Waals surface area contributed by atoms with Crippen molar-refractivity contribution < 1.29 is 52.8 Å². The van der Waals surface area contributed by atoms with Gasteiger partial charge < -0.3 is 16.6 Å². The van der Waals surface area contributed by atoms with E-state index < -0.39 is 12.0 Å². The second kappa shape index (κ2) is 14.1. The molecule has 0 bridgehead atoms. The van der Waals surface area contributed by atoms with E-state index in [0.29, 0.717) is 19.4 Å². The molecule has 0 aliphatic rings. The minimum atomic E-state index is -1.03. The molecule has 0 aliphatic heterocycles. The van der Waals surface area contributed by atoms with Crippen LogP contribution >= 0.6 is 0 Å². The number of nitrogens with two attached hydrogens (primary N) is 1. The molecule has 0 fully saturated rings. The Kier molecular flexibility index (Phi) is 15.5. The Hall–Kier alpha value is -0.366. The molecule has 105 valence electrons. The van der Waals surface area contributed by atoms with Crippen molar-refractivity contribution in [2.75, 3.05) is 6.61 Å². The molecule has 1 aromatic rings. The van der Waals surface area contributed by atoms with Gasteiger partial charge in [0.05, 0.1) is 6.61 Å². The molecule has 0 saturated carbocycles. The molecule has 0 saturated heterocycles. The molecule has 7 heteroatoms. The van der Waals surface area contributed by atoms with E-state index in [9.17, 15) is 4.79 Å². The van der Waals surface area contributed by atoms with E-state index in [1.807, 2.05) is 30.3 Å². The molecule has 0 aromatic heterocycles. The molecule has 0 heterocycles. The van der Waals surface area contributed by atoms with Crippen molar-refractivity contribution >= 4 is 5.97 Å². The topological polar surface area (TPSA) is 117 Å². The first kappa shape index (κ1) is 20.9. The van der Waals surface area contributed by atoms with Crippen molar-refractivity contribution in [1.82, 2.24) is 0 Å². The summed E-state index contributed by atoms with van der Waals surface area (Å²) in [5.74, 6) is -1.03. The van der Waals surface area contributed by atoms with E-state index in [2.05, 4.69) is 4.89 Å². The number of rotatable bonds is 6. The van der Waals surface area contributed by atoms with Gasteiger partial charge in [-0.3, -0.25) is 10.1 Å². The molecule has 5 N–H and O–H groups in total. The number of carboxylic acid groups (broad SMARTS) is 1. The number of carboxylic acids is 1. The first-order valence-corrected chi connectivity index (χ1v) is 5.55. The van der Waals surface area contributed by atoms with E-state index >= 15 is 0 Å². The Balaban J connectivity index is 0. The maximum Gasteiger partial charge on any atom is 0.320 e. The predicted molar refractivity (Wildman–Crippen MR) is 67.9 cm³/mol. The van der Waals surface area contributed by atoms with Crippen LogP contribution in [0.1, 0.15) is 18.4 Å². The van der Waals surface area contributed by atoms with Crippen molar-refractivity contribution in [3.63, 3.8) is 0 Å². The molecular formula is C12H19N2O4Y-. The number of hydrogen-bond donors (Lipinski definition) is 3. The molecule has 0 amide bonds. The summed E-state index contributed by atoms with van der Waals surface area (Å²) in [4.78, 5) is 13.8. The zero-order valence-electron chi connectivity index (χ0n) is 10.7. The third-order valence-corrected chi connectivity index (χ3v) is 2.11. The van der Waals surface area contributed by atoms with Crippen molar-refractivity contribution in [3.05, 3.63) is 41.6 Å². The Bertz CT molecular complexity index is 325. The summed E-state index contributed by atoms with van der Waals surface area (Å²) < 4.78 is 0. The van der Waals surface area contributed by atoms with Crippen LogP contribution < -0.4 is 5.73 Å². The quantitative estimate of drug-likeness (QED) is 0.414. The van der Waals surface area contributed by atoms with Crippen LogP contribution in [0.5, 0.6) is 0 Å². The number of benzene rings is 1. The third kappa shape index (κ3) is 12.4. The predicted octanol–water partition coefficient (Wildman–Crippen LogP) is 1.90. The maximum atomic E-state index is 10.1. The van der Waals surface area contributed by atoms with Crippen LogP contribution in [0, 0.1) is 0 Å². The van der Waals surface area contributed by atoms with Crippen LogP contribution in [0.4, 0.5) is 0 Å². The zero-order chi connectivity index (χ0) is 13.8. The Morgan fingerprint density at radius 2 is 1.95 bits per heavy atom. The molecule has 0 spiro atoms. The van der Waals surface area contributed by atoms with Crippen LogP contribution in [0.3, 0.4) is 0 Å². The second-order valence-electron chi connectivity index (χ2n) is 3.58. The summed E-state index contributed by atoms with van der Waals surface area (Å²) in [6, 6.07) is 8.91. The van der Waals surface area contributed by atoms with Gasteiger partial charge in [0, 0.05) is 32.7 Å². The van der Waals surface area contributed by atoms with Gasteiger partial charge in [-0.15, -0.1) is 6.54 Å². The van der Waals surface area contributed by atoms with Gasteiger partial charge in [-0.2, -0.15) is 0 Å². The summed E-state index contributed by atoms with van der Waals surface area (Å²) in [6.45, 7) is 0.516. The van der Waals surface area contributed by atoms with Gasteiger partial charge in [0.1, 0.15) is 6.04 Å². The SMILES string of the molecule is NC(CCCOO)C(=O)O.[NH-]Cc1ccccc1.[Y]. The van der Waals surface area contributed by atoms with Gasteiger partial charge in [-0.25, -0.2) is 4.89 Å². The van der Waals surface area contributed by atoms with Gasteiger partial charge >= 0.3 is 5.97 Å². The van der Waals surface area contributed by atoms with Crippen molar-refractivity contribution in [2.24, 2.45) is 5.73 Å². The molecule has 1 radical (unpaired) electrons. The summed E-state index contributed by atoms with van der Waals surface area (Å²) in [7, 11) is 0. The molecule has 0 aliphatic carbocycles. The largest absolute Gasteiger partial charge is 0.674 e. The molecule has 1 unspecified atom stereocenters. The fourth-order valence-corrected chi connectivity index (χ4v) is 1.09.